The largest absolute Gasteiger partial charge is 0.300 e. The van der Waals surface area contributed by atoms with Crippen LogP contribution in [0.5, 0.6) is 0 Å². The molecule has 2 nitrogen and oxygen atoms in total. The van der Waals surface area contributed by atoms with Gasteiger partial charge in [0.1, 0.15) is 0 Å². The van der Waals surface area contributed by atoms with Crippen molar-refractivity contribution in [2.45, 2.75) is 31.3 Å². The summed E-state index contributed by atoms with van der Waals surface area (Å²) in [5.74, 6) is 0.678. The third-order valence-corrected chi connectivity index (χ3v) is 3.67. The minimum Gasteiger partial charge on any atom is -0.300 e. The highest BCUT2D eigenvalue weighted by Gasteiger charge is 2.28. The van der Waals surface area contributed by atoms with Gasteiger partial charge in [0.15, 0.2) is 0 Å². The van der Waals surface area contributed by atoms with Crippen LogP contribution in [0.3, 0.4) is 0 Å². The van der Waals surface area contributed by atoms with Gasteiger partial charge in [-0.1, -0.05) is 24.3 Å². The van der Waals surface area contributed by atoms with Crippen molar-refractivity contribution in [3.8, 4) is 0 Å². The summed E-state index contributed by atoms with van der Waals surface area (Å²) < 4.78 is 0. The van der Waals surface area contributed by atoms with E-state index in [1.54, 1.807) is 11.1 Å². The van der Waals surface area contributed by atoms with Crippen LogP contribution in [0.25, 0.3) is 0 Å². The molecule has 80 valence electrons. The molecule has 0 bridgehead atoms. The van der Waals surface area contributed by atoms with Crippen molar-refractivity contribution < 1.29 is 0 Å². The van der Waals surface area contributed by atoms with E-state index in [2.05, 4.69) is 34.9 Å². The Morgan fingerprint density at radius 3 is 2.73 bits per heavy atom. The molecule has 1 aliphatic heterocycles. The molecule has 1 unspecified atom stereocenters. The number of rotatable bonds is 1. The summed E-state index contributed by atoms with van der Waals surface area (Å²) in [6.45, 7) is 2.23. The third-order valence-electron chi connectivity index (χ3n) is 3.67. The van der Waals surface area contributed by atoms with E-state index in [1.807, 2.05) is 0 Å². The monoisotopic (exact) mass is 202 g/mol. The number of benzene rings is 1. The fourth-order valence-electron chi connectivity index (χ4n) is 2.95. The second-order valence-corrected chi connectivity index (χ2v) is 4.58. The molecule has 1 aromatic carbocycles. The topological polar surface area (TPSA) is 24.1 Å². The number of hydrogen-bond acceptors (Lipinski definition) is 2. The molecular weight excluding hydrogens is 184 g/mol. The Labute approximate surface area is 91.1 Å². The lowest BCUT2D eigenvalue weighted by Gasteiger charge is -2.30. The molecule has 1 atom stereocenters. The standard InChI is InChI=1S/C13H18N2/c1-2-6-11-10(4-1)5-3-7-12(11)13-14-8-9-15-13/h1-2,4,6,12-15H,3,5,7-9H2. The Morgan fingerprint density at radius 1 is 1.07 bits per heavy atom. The lowest BCUT2D eigenvalue weighted by molar-refractivity contribution is 0.404. The first kappa shape index (κ1) is 9.37. The van der Waals surface area contributed by atoms with Crippen molar-refractivity contribution in [3.63, 3.8) is 0 Å². The molecule has 1 saturated heterocycles. The molecule has 1 heterocycles. The summed E-state index contributed by atoms with van der Waals surface area (Å²) in [6, 6.07) is 8.93. The van der Waals surface area contributed by atoms with E-state index in [1.165, 1.54) is 19.3 Å². The van der Waals surface area contributed by atoms with Gasteiger partial charge in [0.25, 0.3) is 0 Å². The minimum atomic E-state index is 0.506. The highest BCUT2D eigenvalue weighted by atomic mass is 15.2. The lowest BCUT2D eigenvalue weighted by Crippen LogP contribution is -2.38. The molecule has 3 rings (SSSR count). The quantitative estimate of drug-likeness (QED) is 0.723. The molecule has 2 heteroatoms. The van der Waals surface area contributed by atoms with Crippen LogP contribution in [0.2, 0.25) is 0 Å². The molecule has 2 aliphatic rings. The molecule has 1 fully saturated rings. The van der Waals surface area contributed by atoms with Crippen molar-refractivity contribution in [3.05, 3.63) is 35.4 Å². The molecular formula is C13H18N2. The Balaban J connectivity index is 1.91. The first-order chi connectivity index (χ1) is 7.45. The van der Waals surface area contributed by atoms with Crippen molar-refractivity contribution in [2.24, 2.45) is 0 Å². The van der Waals surface area contributed by atoms with Crippen molar-refractivity contribution in [2.75, 3.05) is 13.1 Å². The molecule has 1 aromatic rings. The molecule has 0 amide bonds. The summed E-state index contributed by atoms with van der Waals surface area (Å²) in [4.78, 5) is 0. The number of hydrogen-bond donors (Lipinski definition) is 2. The first-order valence-electron chi connectivity index (χ1n) is 6.00. The average Bonchev–Trinajstić information content (AvgIpc) is 2.82. The zero-order valence-corrected chi connectivity index (χ0v) is 9.00. The first-order valence-corrected chi connectivity index (χ1v) is 6.00. The van der Waals surface area contributed by atoms with E-state index in [0.29, 0.717) is 12.1 Å². The SMILES string of the molecule is c1ccc2c(c1)CCCC2C1NCCN1. The average molecular weight is 202 g/mol. The summed E-state index contributed by atoms with van der Waals surface area (Å²) in [7, 11) is 0. The van der Waals surface area contributed by atoms with Crippen LogP contribution in [0.4, 0.5) is 0 Å². The number of fused-ring (bicyclic) bond motifs is 1. The zero-order chi connectivity index (χ0) is 10.1. The summed E-state index contributed by atoms with van der Waals surface area (Å²) >= 11 is 0. The van der Waals surface area contributed by atoms with Crippen molar-refractivity contribution in [1.82, 2.24) is 10.6 Å². The lowest BCUT2D eigenvalue weighted by atomic mass is 9.81. The second-order valence-electron chi connectivity index (χ2n) is 4.58. The van der Waals surface area contributed by atoms with E-state index in [0.717, 1.165) is 13.1 Å². The van der Waals surface area contributed by atoms with Gasteiger partial charge in [-0.05, 0) is 30.4 Å². The van der Waals surface area contributed by atoms with Crippen molar-refractivity contribution >= 4 is 0 Å². The van der Waals surface area contributed by atoms with Crippen LogP contribution < -0.4 is 10.6 Å². The molecule has 2 N–H and O–H groups in total. The van der Waals surface area contributed by atoms with E-state index in [9.17, 15) is 0 Å². The van der Waals surface area contributed by atoms with Gasteiger partial charge in [0.2, 0.25) is 0 Å². The normalized spacial score (nSPS) is 26.5. The third kappa shape index (κ3) is 1.68. The van der Waals surface area contributed by atoms with Gasteiger partial charge >= 0.3 is 0 Å². The smallest absolute Gasteiger partial charge is 0.0643 e. The molecule has 15 heavy (non-hydrogen) atoms. The van der Waals surface area contributed by atoms with Crippen LogP contribution in [0.1, 0.15) is 29.9 Å². The highest BCUT2D eigenvalue weighted by Crippen LogP contribution is 2.33. The van der Waals surface area contributed by atoms with Gasteiger partial charge < -0.3 is 10.6 Å². The van der Waals surface area contributed by atoms with E-state index in [-0.39, 0.29) is 0 Å². The summed E-state index contributed by atoms with van der Waals surface area (Å²) in [5.41, 5.74) is 3.12. The predicted octanol–water partition coefficient (Wildman–Crippen LogP) is 1.63. The van der Waals surface area contributed by atoms with Crippen LogP contribution >= 0.6 is 0 Å². The van der Waals surface area contributed by atoms with E-state index < -0.39 is 0 Å². The fourth-order valence-corrected chi connectivity index (χ4v) is 2.95. The molecule has 0 radical (unpaired) electrons. The van der Waals surface area contributed by atoms with Crippen LogP contribution in [-0.4, -0.2) is 19.3 Å². The molecule has 0 aromatic heterocycles. The van der Waals surface area contributed by atoms with Gasteiger partial charge in [-0.15, -0.1) is 0 Å². The zero-order valence-electron chi connectivity index (χ0n) is 9.00. The van der Waals surface area contributed by atoms with Gasteiger partial charge in [0.05, 0.1) is 6.17 Å². The number of aryl methyl sites for hydroxylation is 1. The Morgan fingerprint density at radius 2 is 1.87 bits per heavy atom. The Kier molecular flexibility index (Phi) is 2.47. The van der Waals surface area contributed by atoms with E-state index in [4.69, 9.17) is 0 Å². The van der Waals surface area contributed by atoms with Crippen LogP contribution in [0, 0.1) is 0 Å². The second kappa shape index (κ2) is 3.95. The van der Waals surface area contributed by atoms with Gasteiger partial charge in [-0.25, -0.2) is 0 Å². The van der Waals surface area contributed by atoms with Gasteiger partial charge in [0, 0.05) is 19.0 Å². The maximum atomic E-state index is 3.56. The van der Waals surface area contributed by atoms with Gasteiger partial charge in [-0.3, -0.25) is 0 Å². The highest BCUT2D eigenvalue weighted by molar-refractivity contribution is 5.33. The summed E-state index contributed by atoms with van der Waals surface area (Å²) in [5, 5.41) is 7.11. The van der Waals surface area contributed by atoms with Crippen molar-refractivity contribution in [1.29, 1.82) is 0 Å². The predicted molar refractivity (Wildman–Crippen MR) is 61.9 cm³/mol. The Bertz CT molecular complexity index is 342. The molecule has 0 saturated carbocycles. The van der Waals surface area contributed by atoms with Crippen LogP contribution in [0.15, 0.2) is 24.3 Å². The Hall–Kier alpha value is -0.860. The van der Waals surface area contributed by atoms with E-state index >= 15 is 0 Å². The minimum absolute atomic E-state index is 0.506. The maximum absolute atomic E-state index is 3.56. The van der Waals surface area contributed by atoms with Gasteiger partial charge in [-0.2, -0.15) is 0 Å². The molecule has 1 aliphatic carbocycles. The number of nitrogens with one attached hydrogen (secondary N) is 2. The summed E-state index contributed by atoms with van der Waals surface area (Å²) in [6.07, 6.45) is 4.43. The fraction of sp³-hybridized carbons (Fsp3) is 0.538. The molecule has 0 spiro atoms. The maximum Gasteiger partial charge on any atom is 0.0643 e. The van der Waals surface area contributed by atoms with Crippen LogP contribution in [-0.2, 0) is 6.42 Å².